The van der Waals surface area contributed by atoms with Crippen molar-refractivity contribution in [3.63, 3.8) is 0 Å². The van der Waals surface area contributed by atoms with Crippen LogP contribution in [-0.2, 0) is 4.79 Å². The van der Waals surface area contributed by atoms with E-state index in [0.717, 1.165) is 19.5 Å². The highest BCUT2D eigenvalue weighted by molar-refractivity contribution is 5.78. The zero-order valence-electron chi connectivity index (χ0n) is 8.99. The number of carbonyl (C=O) groups is 1. The van der Waals surface area contributed by atoms with Gasteiger partial charge in [0.15, 0.2) is 0 Å². The molecule has 0 unspecified atom stereocenters. The van der Waals surface area contributed by atoms with E-state index in [1.54, 1.807) is 0 Å². The number of carboxylic acids is 1. The SMILES string of the molecule is CCC(CC)(C(=O)O)N1CC=CCC1. The van der Waals surface area contributed by atoms with Crippen LogP contribution in [0.5, 0.6) is 0 Å². The molecule has 0 radical (unpaired) electrons. The van der Waals surface area contributed by atoms with Crippen molar-refractivity contribution in [2.75, 3.05) is 13.1 Å². The Morgan fingerprint density at radius 1 is 1.43 bits per heavy atom. The molecule has 1 heterocycles. The van der Waals surface area contributed by atoms with E-state index < -0.39 is 11.5 Å². The molecule has 0 bridgehead atoms. The lowest BCUT2D eigenvalue weighted by Crippen LogP contribution is -2.54. The first-order chi connectivity index (χ1) is 6.67. The van der Waals surface area contributed by atoms with Crippen molar-refractivity contribution in [3.05, 3.63) is 12.2 Å². The summed E-state index contributed by atoms with van der Waals surface area (Å²) in [5.41, 5.74) is -0.648. The van der Waals surface area contributed by atoms with Crippen molar-refractivity contribution in [2.45, 2.75) is 38.6 Å². The molecule has 0 amide bonds. The Bertz CT molecular complexity index is 231. The van der Waals surface area contributed by atoms with Gasteiger partial charge in [0, 0.05) is 13.1 Å². The van der Waals surface area contributed by atoms with Gasteiger partial charge >= 0.3 is 5.97 Å². The number of hydrogen-bond acceptors (Lipinski definition) is 2. The second-order valence-corrected chi connectivity index (χ2v) is 3.75. The van der Waals surface area contributed by atoms with Crippen LogP contribution in [0.1, 0.15) is 33.1 Å². The number of rotatable bonds is 4. The molecule has 0 aromatic rings. The van der Waals surface area contributed by atoms with Crippen molar-refractivity contribution >= 4 is 5.97 Å². The Hall–Kier alpha value is -0.830. The maximum absolute atomic E-state index is 11.3. The average Bonchev–Trinajstić information content (AvgIpc) is 2.22. The molecule has 3 nitrogen and oxygen atoms in total. The fourth-order valence-electron chi connectivity index (χ4n) is 2.16. The molecule has 0 aliphatic carbocycles. The summed E-state index contributed by atoms with van der Waals surface area (Å²) < 4.78 is 0. The van der Waals surface area contributed by atoms with Crippen LogP contribution < -0.4 is 0 Å². The van der Waals surface area contributed by atoms with Gasteiger partial charge in [0.2, 0.25) is 0 Å². The third-order valence-corrected chi connectivity index (χ3v) is 3.23. The van der Waals surface area contributed by atoms with Crippen molar-refractivity contribution in [1.82, 2.24) is 4.90 Å². The van der Waals surface area contributed by atoms with Crippen LogP contribution >= 0.6 is 0 Å². The normalized spacial score (nSPS) is 18.4. The Morgan fingerprint density at radius 3 is 2.43 bits per heavy atom. The Labute approximate surface area is 85.4 Å². The Balaban J connectivity index is 2.85. The summed E-state index contributed by atoms with van der Waals surface area (Å²) in [5, 5.41) is 9.31. The summed E-state index contributed by atoms with van der Waals surface area (Å²) in [7, 11) is 0. The average molecular weight is 197 g/mol. The summed E-state index contributed by atoms with van der Waals surface area (Å²) in [5.74, 6) is -0.683. The first kappa shape index (κ1) is 11.2. The minimum absolute atomic E-state index is 0.648. The fourth-order valence-corrected chi connectivity index (χ4v) is 2.16. The molecule has 1 aliphatic rings. The van der Waals surface area contributed by atoms with E-state index in [1.807, 2.05) is 13.8 Å². The summed E-state index contributed by atoms with van der Waals surface area (Å²) >= 11 is 0. The third kappa shape index (κ3) is 1.82. The maximum atomic E-state index is 11.3. The molecule has 0 saturated carbocycles. The molecular formula is C11H19NO2. The highest BCUT2D eigenvalue weighted by atomic mass is 16.4. The van der Waals surface area contributed by atoms with Crippen LogP contribution in [0.4, 0.5) is 0 Å². The van der Waals surface area contributed by atoms with Gasteiger partial charge in [-0.1, -0.05) is 26.0 Å². The van der Waals surface area contributed by atoms with Gasteiger partial charge in [-0.15, -0.1) is 0 Å². The minimum Gasteiger partial charge on any atom is -0.480 e. The van der Waals surface area contributed by atoms with Gasteiger partial charge in [-0.2, -0.15) is 0 Å². The molecular weight excluding hydrogens is 178 g/mol. The molecule has 1 rings (SSSR count). The maximum Gasteiger partial charge on any atom is 0.324 e. The standard InChI is InChI=1S/C11H19NO2/c1-3-11(4-2,10(13)14)12-8-6-5-7-9-12/h5-6H,3-4,7-9H2,1-2H3,(H,13,14). The topological polar surface area (TPSA) is 40.5 Å². The molecule has 0 fully saturated rings. The molecule has 0 atom stereocenters. The first-order valence-corrected chi connectivity index (χ1v) is 5.30. The molecule has 0 aromatic heterocycles. The summed E-state index contributed by atoms with van der Waals surface area (Å²) in [6, 6.07) is 0. The summed E-state index contributed by atoms with van der Waals surface area (Å²) in [4.78, 5) is 13.4. The minimum atomic E-state index is -0.683. The molecule has 0 aromatic carbocycles. The van der Waals surface area contributed by atoms with Gasteiger partial charge in [0.05, 0.1) is 0 Å². The quantitative estimate of drug-likeness (QED) is 0.700. The largest absolute Gasteiger partial charge is 0.480 e. The lowest BCUT2D eigenvalue weighted by atomic mass is 9.89. The van der Waals surface area contributed by atoms with E-state index >= 15 is 0 Å². The van der Waals surface area contributed by atoms with E-state index in [1.165, 1.54) is 0 Å². The van der Waals surface area contributed by atoms with Gasteiger partial charge < -0.3 is 5.11 Å². The molecule has 0 spiro atoms. The van der Waals surface area contributed by atoms with Gasteiger partial charge in [-0.05, 0) is 19.3 Å². The van der Waals surface area contributed by atoms with Crippen LogP contribution in [-0.4, -0.2) is 34.6 Å². The molecule has 1 aliphatic heterocycles. The summed E-state index contributed by atoms with van der Waals surface area (Å²) in [6.07, 6.45) is 6.50. The Kier molecular flexibility index (Phi) is 3.69. The van der Waals surface area contributed by atoms with Gasteiger partial charge in [-0.3, -0.25) is 9.69 Å². The first-order valence-electron chi connectivity index (χ1n) is 5.30. The number of carboxylic acid groups (broad SMARTS) is 1. The predicted octanol–water partition coefficient (Wildman–Crippen LogP) is 1.89. The second-order valence-electron chi connectivity index (χ2n) is 3.75. The second kappa shape index (κ2) is 4.60. The highest BCUT2D eigenvalue weighted by Gasteiger charge is 2.40. The van der Waals surface area contributed by atoms with Crippen molar-refractivity contribution in [2.24, 2.45) is 0 Å². The monoisotopic (exact) mass is 197 g/mol. The van der Waals surface area contributed by atoms with E-state index in [9.17, 15) is 9.90 Å². The Morgan fingerprint density at radius 2 is 2.07 bits per heavy atom. The number of nitrogens with zero attached hydrogens (tertiary/aromatic N) is 1. The van der Waals surface area contributed by atoms with Crippen molar-refractivity contribution in [3.8, 4) is 0 Å². The van der Waals surface area contributed by atoms with Gasteiger partial charge in [0.25, 0.3) is 0 Å². The molecule has 3 heteroatoms. The number of hydrogen-bond donors (Lipinski definition) is 1. The lowest BCUT2D eigenvalue weighted by molar-refractivity contribution is -0.152. The van der Waals surface area contributed by atoms with Crippen LogP contribution in [0.15, 0.2) is 12.2 Å². The third-order valence-electron chi connectivity index (χ3n) is 3.23. The predicted molar refractivity (Wildman–Crippen MR) is 56.3 cm³/mol. The zero-order chi connectivity index (χ0) is 10.6. The number of aliphatic carboxylic acids is 1. The van der Waals surface area contributed by atoms with E-state index in [4.69, 9.17) is 0 Å². The molecule has 80 valence electrons. The molecule has 1 N–H and O–H groups in total. The van der Waals surface area contributed by atoms with Crippen molar-refractivity contribution in [1.29, 1.82) is 0 Å². The van der Waals surface area contributed by atoms with Gasteiger partial charge in [0.1, 0.15) is 5.54 Å². The van der Waals surface area contributed by atoms with Crippen LogP contribution in [0, 0.1) is 0 Å². The van der Waals surface area contributed by atoms with Crippen LogP contribution in [0.25, 0.3) is 0 Å². The lowest BCUT2D eigenvalue weighted by Gasteiger charge is -2.40. The van der Waals surface area contributed by atoms with Crippen molar-refractivity contribution < 1.29 is 9.90 Å². The van der Waals surface area contributed by atoms with E-state index in [-0.39, 0.29) is 0 Å². The fraction of sp³-hybridized carbons (Fsp3) is 0.727. The zero-order valence-corrected chi connectivity index (χ0v) is 8.99. The smallest absolute Gasteiger partial charge is 0.324 e. The highest BCUT2D eigenvalue weighted by Crippen LogP contribution is 2.26. The van der Waals surface area contributed by atoms with E-state index in [0.29, 0.717) is 12.8 Å². The van der Waals surface area contributed by atoms with Crippen LogP contribution in [0.3, 0.4) is 0 Å². The molecule has 14 heavy (non-hydrogen) atoms. The summed E-state index contributed by atoms with van der Waals surface area (Å²) in [6.45, 7) is 5.55. The van der Waals surface area contributed by atoms with E-state index in [2.05, 4.69) is 17.1 Å². The van der Waals surface area contributed by atoms with Gasteiger partial charge in [-0.25, -0.2) is 0 Å². The van der Waals surface area contributed by atoms with Crippen LogP contribution in [0.2, 0.25) is 0 Å². The molecule has 0 saturated heterocycles.